The van der Waals surface area contributed by atoms with Crippen molar-refractivity contribution in [2.45, 2.75) is 22.8 Å². The number of fused-ring (bicyclic) bond motifs is 1. The minimum absolute atomic E-state index is 0.147. The van der Waals surface area contributed by atoms with Gasteiger partial charge in [0, 0.05) is 15.1 Å². The van der Waals surface area contributed by atoms with Gasteiger partial charge < -0.3 is 10.8 Å². The van der Waals surface area contributed by atoms with Crippen LogP contribution in [0.2, 0.25) is 0 Å². The summed E-state index contributed by atoms with van der Waals surface area (Å²) in [6.45, 7) is -1.24. The Hall–Kier alpha value is -0.170. The number of aliphatic hydroxyl groups is 1. The summed E-state index contributed by atoms with van der Waals surface area (Å²) in [5.74, 6) is -2.79. The molecule has 17 heavy (non-hydrogen) atoms. The first-order valence-electron chi connectivity index (χ1n) is 5.11. The SMILES string of the molecule is NC1(C(F)(F)CO)CCSc2ccc(Br)cc21. The molecule has 0 saturated carbocycles. The molecule has 3 N–H and O–H groups in total. The molecule has 0 spiro atoms. The van der Waals surface area contributed by atoms with Crippen LogP contribution >= 0.6 is 27.7 Å². The highest BCUT2D eigenvalue weighted by Gasteiger charge is 2.53. The Morgan fingerprint density at radius 2 is 2.24 bits per heavy atom. The smallest absolute Gasteiger partial charge is 0.292 e. The molecule has 0 bridgehead atoms. The Morgan fingerprint density at radius 3 is 2.88 bits per heavy atom. The van der Waals surface area contributed by atoms with Gasteiger partial charge in [-0.05, 0) is 30.2 Å². The van der Waals surface area contributed by atoms with E-state index in [1.165, 1.54) is 11.8 Å². The molecule has 6 heteroatoms. The Kier molecular flexibility index (Phi) is 3.51. The number of hydrogen-bond acceptors (Lipinski definition) is 3. The summed E-state index contributed by atoms with van der Waals surface area (Å²) in [7, 11) is 0. The van der Waals surface area contributed by atoms with Gasteiger partial charge in [0.15, 0.2) is 0 Å². The number of nitrogens with two attached hydrogens (primary N) is 1. The van der Waals surface area contributed by atoms with Crippen LogP contribution < -0.4 is 5.73 Å². The van der Waals surface area contributed by atoms with Crippen molar-refractivity contribution >= 4 is 27.7 Å². The van der Waals surface area contributed by atoms with Gasteiger partial charge in [-0.25, -0.2) is 8.78 Å². The van der Waals surface area contributed by atoms with Crippen LogP contribution in [-0.4, -0.2) is 23.4 Å². The van der Waals surface area contributed by atoms with Crippen LogP contribution in [0.5, 0.6) is 0 Å². The van der Waals surface area contributed by atoms with E-state index in [0.29, 0.717) is 15.8 Å². The van der Waals surface area contributed by atoms with Gasteiger partial charge in [0.2, 0.25) is 0 Å². The molecule has 1 aromatic rings. The summed E-state index contributed by atoms with van der Waals surface area (Å²) in [5, 5.41) is 8.86. The van der Waals surface area contributed by atoms with Crippen molar-refractivity contribution in [3.8, 4) is 0 Å². The van der Waals surface area contributed by atoms with Gasteiger partial charge in [-0.3, -0.25) is 0 Å². The molecule has 1 aromatic carbocycles. The molecule has 2 nitrogen and oxygen atoms in total. The van der Waals surface area contributed by atoms with E-state index in [9.17, 15) is 8.78 Å². The molecule has 0 aromatic heterocycles. The third-order valence-corrected chi connectivity index (χ3v) is 4.60. The maximum absolute atomic E-state index is 13.8. The lowest BCUT2D eigenvalue weighted by Gasteiger charge is -2.40. The third kappa shape index (κ3) is 2.12. The predicted molar refractivity (Wildman–Crippen MR) is 67.4 cm³/mol. The van der Waals surface area contributed by atoms with Gasteiger partial charge >= 0.3 is 0 Å². The van der Waals surface area contributed by atoms with Gasteiger partial charge in [-0.15, -0.1) is 11.8 Å². The van der Waals surface area contributed by atoms with Crippen molar-refractivity contribution in [1.82, 2.24) is 0 Å². The molecule has 0 saturated heterocycles. The lowest BCUT2D eigenvalue weighted by Crippen LogP contribution is -2.56. The number of thioether (sulfide) groups is 1. The number of aliphatic hydroxyl groups excluding tert-OH is 1. The summed E-state index contributed by atoms with van der Waals surface area (Å²) in [6, 6.07) is 5.19. The summed E-state index contributed by atoms with van der Waals surface area (Å²) >= 11 is 4.77. The summed E-state index contributed by atoms with van der Waals surface area (Å²) in [4.78, 5) is 0.759. The van der Waals surface area contributed by atoms with E-state index in [1.807, 2.05) is 0 Å². The summed E-state index contributed by atoms with van der Waals surface area (Å²) in [6.07, 6.45) is 0.147. The van der Waals surface area contributed by atoms with E-state index >= 15 is 0 Å². The van der Waals surface area contributed by atoms with Crippen LogP contribution in [0.1, 0.15) is 12.0 Å². The van der Waals surface area contributed by atoms with Crippen LogP contribution in [0, 0.1) is 0 Å². The van der Waals surface area contributed by atoms with Gasteiger partial charge in [-0.2, -0.15) is 0 Å². The summed E-state index contributed by atoms with van der Waals surface area (Å²) < 4.78 is 28.4. The molecule has 1 heterocycles. The second kappa shape index (κ2) is 4.50. The maximum atomic E-state index is 13.8. The normalized spacial score (nSPS) is 24.5. The van der Waals surface area contributed by atoms with Crippen LogP contribution in [0.25, 0.3) is 0 Å². The monoisotopic (exact) mass is 323 g/mol. The lowest BCUT2D eigenvalue weighted by atomic mass is 9.82. The van der Waals surface area contributed by atoms with E-state index in [4.69, 9.17) is 10.8 Å². The fraction of sp³-hybridized carbons (Fsp3) is 0.455. The molecular weight excluding hydrogens is 312 g/mol. The molecule has 0 fully saturated rings. The Morgan fingerprint density at radius 1 is 1.53 bits per heavy atom. The first-order chi connectivity index (χ1) is 7.90. The largest absolute Gasteiger partial charge is 0.390 e. The number of hydrogen-bond donors (Lipinski definition) is 2. The van der Waals surface area contributed by atoms with Crippen molar-refractivity contribution in [3.05, 3.63) is 28.2 Å². The van der Waals surface area contributed by atoms with Gasteiger partial charge in [0.1, 0.15) is 12.1 Å². The lowest BCUT2D eigenvalue weighted by molar-refractivity contribution is -0.116. The topological polar surface area (TPSA) is 46.2 Å². The Bertz CT molecular complexity index is 443. The fourth-order valence-electron chi connectivity index (χ4n) is 1.95. The highest BCUT2D eigenvalue weighted by Crippen LogP contribution is 2.47. The zero-order chi connectivity index (χ0) is 12.7. The minimum Gasteiger partial charge on any atom is -0.390 e. The Labute approximate surface area is 111 Å². The molecule has 1 aliphatic heterocycles. The van der Waals surface area contributed by atoms with E-state index in [2.05, 4.69) is 15.9 Å². The molecule has 0 aliphatic carbocycles. The molecule has 94 valence electrons. The van der Waals surface area contributed by atoms with E-state index in [0.717, 1.165) is 4.90 Å². The van der Waals surface area contributed by atoms with Gasteiger partial charge in [-0.1, -0.05) is 15.9 Å². The van der Waals surface area contributed by atoms with Gasteiger partial charge in [0.05, 0.1) is 0 Å². The highest BCUT2D eigenvalue weighted by atomic mass is 79.9. The number of benzene rings is 1. The average Bonchev–Trinajstić information content (AvgIpc) is 2.30. The molecule has 0 amide bonds. The van der Waals surface area contributed by atoms with Crippen LogP contribution in [-0.2, 0) is 5.54 Å². The standard InChI is InChI=1S/C11H12BrF2NOS/c12-7-1-2-9-8(5-7)10(15,3-4-17-9)11(13,14)6-16/h1-2,5,16H,3-4,6,15H2. The molecule has 0 radical (unpaired) electrons. The predicted octanol–water partition coefficient (Wildman–Crippen LogP) is 2.73. The third-order valence-electron chi connectivity index (χ3n) is 3.03. The zero-order valence-corrected chi connectivity index (χ0v) is 11.3. The number of halogens is 3. The van der Waals surface area contributed by atoms with Crippen molar-refractivity contribution in [2.75, 3.05) is 12.4 Å². The summed E-state index contributed by atoms with van der Waals surface area (Å²) in [5.41, 5.74) is 4.50. The van der Waals surface area contributed by atoms with Gasteiger partial charge in [0.25, 0.3) is 5.92 Å². The molecular formula is C11H12BrF2NOS. The maximum Gasteiger partial charge on any atom is 0.292 e. The second-order valence-electron chi connectivity index (χ2n) is 4.07. The fourth-order valence-corrected chi connectivity index (χ4v) is 3.52. The van der Waals surface area contributed by atoms with Crippen LogP contribution in [0.3, 0.4) is 0 Å². The van der Waals surface area contributed by atoms with Crippen LogP contribution in [0.4, 0.5) is 8.78 Å². The number of rotatable bonds is 2. The molecule has 1 atom stereocenters. The number of alkyl halides is 2. The second-order valence-corrected chi connectivity index (χ2v) is 6.13. The highest BCUT2D eigenvalue weighted by molar-refractivity contribution is 9.10. The van der Waals surface area contributed by atoms with Crippen molar-refractivity contribution in [3.63, 3.8) is 0 Å². The molecule has 2 rings (SSSR count). The Balaban J connectivity index is 2.57. The zero-order valence-electron chi connectivity index (χ0n) is 8.92. The molecule has 1 unspecified atom stereocenters. The quantitative estimate of drug-likeness (QED) is 0.879. The first-order valence-corrected chi connectivity index (χ1v) is 6.89. The van der Waals surface area contributed by atoms with Crippen molar-refractivity contribution < 1.29 is 13.9 Å². The first kappa shape index (κ1) is 13.3. The van der Waals surface area contributed by atoms with E-state index in [1.54, 1.807) is 18.2 Å². The minimum atomic E-state index is -3.32. The van der Waals surface area contributed by atoms with Crippen molar-refractivity contribution in [1.29, 1.82) is 0 Å². The molecule has 1 aliphatic rings. The average molecular weight is 324 g/mol. The van der Waals surface area contributed by atoms with E-state index < -0.39 is 18.1 Å². The van der Waals surface area contributed by atoms with Crippen molar-refractivity contribution in [2.24, 2.45) is 5.73 Å². The van der Waals surface area contributed by atoms with Crippen LogP contribution in [0.15, 0.2) is 27.6 Å². The van der Waals surface area contributed by atoms with E-state index in [-0.39, 0.29) is 6.42 Å².